The van der Waals surface area contributed by atoms with E-state index < -0.39 is 6.10 Å². The number of aliphatic hydroxyl groups excluding tert-OH is 1. The molecule has 1 heterocycles. The molecule has 0 spiro atoms. The quantitative estimate of drug-likeness (QED) is 0.666. The molecule has 0 bridgehead atoms. The maximum atomic E-state index is 10.5. The van der Waals surface area contributed by atoms with Crippen LogP contribution in [0.5, 0.6) is 11.5 Å². The molecule has 1 aliphatic carbocycles. The van der Waals surface area contributed by atoms with Gasteiger partial charge in [-0.25, -0.2) is 0 Å². The fraction of sp³-hybridized carbons (Fsp3) is 0.519. The van der Waals surface area contributed by atoms with Crippen molar-refractivity contribution in [3.05, 3.63) is 60.2 Å². The zero-order valence-corrected chi connectivity index (χ0v) is 19.5. The minimum atomic E-state index is -0.543. The number of benzene rings is 2. The number of β-amino-alcohol motifs (C(OH)–C–C–N with tert-alkyl or cyclic N) is 1. The molecule has 1 saturated carbocycles. The molecule has 1 atom stereocenters. The monoisotopic (exact) mass is 449 g/mol. The third-order valence-electron chi connectivity index (χ3n) is 7.24. The van der Waals surface area contributed by atoms with Gasteiger partial charge in [-0.15, -0.1) is 0 Å². The molecule has 0 amide bonds. The lowest BCUT2D eigenvalue weighted by Crippen LogP contribution is -2.53. The van der Waals surface area contributed by atoms with Crippen molar-refractivity contribution in [1.82, 2.24) is 9.80 Å². The summed E-state index contributed by atoms with van der Waals surface area (Å²) in [5.41, 5.74) is 0.839. The van der Waals surface area contributed by atoms with Crippen molar-refractivity contribution >= 4 is 0 Å². The first-order chi connectivity index (χ1) is 16.1. The largest absolute Gasteiger partial charge is 0.493 e. The maximum Gasteiger partial charge on any atom is 0.161 e. The van der Waals surface area contributed by atoms with E-state index in [2.05, 4.69) is 28.0 Å². The number of aliphatic hydroxyl groups is 1. The zero-order valence-electron chi connectivity index (χ0n) is 19.5. The van der Waals surface area contributed by atoms with Gasteiger partial charge in [0.2, 0.25) is 0 Å². The van der Waals surface area contributed by atoms with Crippen LogP contribution < -0.4 is 9.47 Å². The van der Waals surface area contributed by atoms with Gasteiger partial charge in [0.1, 0.15) is 12.7 Å². The summed E-state index contributed by atoms with van der Waals surface area (Å²) in [5, 5.41) is 20.4. The number of hydrogen-bond donors (Lipinski definition) is 1. The summed E-state index contributed by atoms with van der Waals surface area (Å²) < 4.78 is 11.1. The molecule has 1 saturated heterocycles. The Morgan fingerprint density at radius 1 is 1.00 bits per heavy atom. The average Bonchev–Trinajstić information content (AvgIpc) is 2.88. The summed E-state index contributed by atoms with van der Waals surface area (Å²) >= 11 is 0. The van der Waals surface area contributed by atoms with Crippen LogP contribution in [0, 0.1) is 11.3 Å². The lowest BCUT2D eigenvalue weighted by molar-refractivity contribution is 0.0282. The average molecular weight is 450 g/mol. The van der Waals surface area contributed by atoms with Gasteiger partial charge in [-0.1, -0.05) is 42.5 Å². The van der Waals surface area contributed by atoms with Crippen LogP contribution in [0.25, 0.3) is 0 Å². The number of rotatable bonds is 8. The van der Waals surface area contributed by atoms with Crippen molar-refractivity contribution in [1.29, 1.82) is 5.26 Å². The van der Waals surface area contributed by atoms with Crippen molar-refractivity contribution in [2.24, 2.45) is 0 Å². The molecular formula is C27H35N3O3. The second kappa shape index (κ2) is 11.0. The third-order valence-corrected chi connectivity index (χ3v) is 7.24. The van der Waals surface area contributed by atoms with E-state index in [-0.39, 0.29) is 12.0 Å². The predicted octanol–water partition coefficient (Wildman–Crippen LogP) is 3.46. The fourth-order valence-corrected chi connectivity index (χ4v) is 5.27. The molecule has 6 heteroatoms. The molecular weight excluding hydrogens is 414 g/mol. The number of ether oxygens (including phenoxy) is 2. The van der Waals surface area contributed by atoms with Crippen LogP contribution in [0.4, 0.5) is 0 Å². The molecule has 33 heavy (non-hydrogen) atoms. The fourth-order valence-electron chi connectivity index (χ4n) is 5.27. The first-order valence-electron chi connectivity index (χ1n) is 12.0. The Morgan fingerprint density at radius 3 is 2.27 bits per heavy atom. The Kier molecular flexibility index (Phi) is 7.87. The van der Waals surface area contributed by atoms with Crippen molar-refractivity contribution < 1.29 is 14.6 Å². The van der Waals surface area contributed by atoms with E-state index in [1.165, 1.54) is 5.56 Å². The highest BCUT2D eigenvalue weighted by molar-refractivity contribution is 5.39. The molecule has 6 nitrogen and oxygen atoms in total. The standard InChI is InChI=1S/C27H35N3O3/c1-32-25-9-5-6-10-26(25)33-20-24(31)19-29-15-17-30(18-16-29)23-11-13-27(21-28,14-12-23)22-7-3-2-4-8-22/h2-10,23-24,31H,11-20H2,1H3/t23-,24?,27-. The molecule has 1 aliphatic heterocycles. The van der Waals surface area contributed by atoms with E-state index in [0.29, 0.717) is 24.1 Å². The highest BCUT2D eigenvalue weighted by Crippen LogP contribution is 2.40. The molecule has 0 aromatic heterocycles. The summed E-state index contributed by atoms with van der Waals surface area (Å²) in [6, 6.07) is 21.0. The van der Waals surface area contributed by atoms with Crippen molar-refractivity contribution in [3.63, 3.8) is 0 Å². The summed E-state index contributed by atoms with van der Waals surface area (Å²) in [5.74, 6) is 1.34. The number of nitrogens with zero attached hydrogens (tertiary/aromatic N) is 3. The predicted molar refractivity (Wildman–Crippen MR) is 128 cm³/mol. The van der Waals surface area contributed by atoms with Gasteiger partial charge in [-0.05, 0) is 43.4 Å². The Hall–Kier alpha value is -2.59. The Labute approximate surface area is 197 Å². The van der Waals surface area contributed by atoms with E-state index in [9.17, 15) is 10.4 Å². The lowest BCUT2D eigenvalue weighted by atomic mass is 9.69. The summed E-state index contributed by atoms with van der Waals surface area (Å²) in [7, 11) is 1.62. The van der Waals surface area contributed by atoms with E-state index in [0.717, 1.165) is 51.9 Å². The van der Waals surface area contributed by atoms with Crippen LogP contribution >= 0.6 is 0 Å². The summed E-state index contributed by atoms with van der Waals surface area (Å²) in [4.78, 5) is 4.90. The summed E-state index contributed by atoms with van der Waals surface area (Å²) in [6.07, 6.45) is 3.45. The van der Waals surface area contributed by atoms with Gasteiger partial charge in [0.05, 0.1) is 18.6 Å². The number of para-hydroxylation sites is 2. The molecule has 2 aromatic rings. The number of piperazine rings is 1. The van der Waals surface area contributed by atoms with Crippen LogP contribution in [-0.2, 0) is 5.41 Å². The topological polar surface area (TPSA) is 69.0 Å². The van der Waals surface area contributed by atoms with Gasteiger partial charge < -0.3 is 14.6 Å². The second-order valence-electron chi connectivity index (χ2n) is 9.24. The first kappa shape index (κ1) is 23.6. The van der Waals surface area contributed by atoms with Gasteiger partial charge in [0, 0.05) is 38.8 Å². The minimum absolute atomic E-state index is 0.249. The number of hydrogen-bond acceptors (Lipinski definition) is 6. The minimum Gasteiger partial charge on any atom is -0.493 e. The van der Waals surface area contributed by atoms with Crippen LogP contribution in [-0.4, -0.2) is 73.5 Å². The van der Waals surface area contributed by atoms with E-state index >= 15 is 0 Å². The van der Waals surface area contributed by atoms with E-state index in [1.54, 1.807) is 7.11 Å². The third kappa shape index (κ3) is 5.67. The molecule has 1 unspecified atom stereocenters. The molecule has 2 aromatic carbocycles. The van der Waals surface area contributed by atoms with Gasteiger partial charge in [0.25, 0.3) is 0 Å². The highest BCUT2D eigenvalue weighted by Gasteiger charge is 2.39. The van der Waals surface area contributed by atoms with Crippen molar-refractivity contribution in [3.8, 4) is 17.6 Å². The lowest BCUT2D eigenvalue weighted by Gasteiger charge is -2.44. The van der Waals surface area contributed by atoms with Crippen molar-refractivity contribution in [2.45, 2.75) is 43.2 Å². The van der Waals surface area contributed by atoms with Crippen LogP contribution in [0.1, 0.15) is 31.2 Å². The first-order valence-corrected chi connectivity index (χ1v) is 12.0. The number of methoxy groups -OCH3 is 1. The van der Waals surface area contributed by atoms with Gasteiger partial charge in [-0.3, -0.25) is 9.80 Å². The Balaban J connectivity index is 1.21. The van der Waals surface area contributed by atoms with E-state index in [1.807, 2.05) is 42.5 Å². The Bertz CT molecular complexity index is 914. The second-order valence-corrected chi connectivity index (χ2v) is 9.24. The molecule has 2 fully saturated rings. The van der Waals surface area contributed by atoms with Gasteiger partial charge >= 0.3 is 0 Å². The molecule has 176 valence electrons. The molecule has 2 aliphatic rings. The Morgan fingerprint density at radius 2 is 1.64 bits per heavy atom. The van der Waals surface area contributed by atoms with Crippen LogP contribution in [0.15, 0.2) is 54.6 Å². The summed E-state index contributed by atoms with van der Waals surface area (Å²) in [6.45, 7) is 4.78. The smallest absolute Gasteiger partial charge is 0.161 e. The molecule has 4 rings (SSSR count). The van der Waals surface area contributed by atoms with Crippen LogP contribution in [0.3, 0.4) is 0 Å². The SMILES string of the molecule is COc1ccccc1OCC(O)CN1CCN([C@H]2CC[C@](C#N)(c3ccccc3)CC2)CC1. The molecule has 1 N–H and O–H groups in total. The molecule has 0 radical (unpaired) electrons. The van der Waals surface area contributed by atoms with Gasteiger partial charge in [0.15, 0.2) is 11.5 Å². The van der Waals surface area contributed by atoms with Crippen molar-refractivity contribution in [2.75, 3.05) is 46.4 Å². The highest BCUT2D eigenvalue weighted by atomic mass is 16.5. The van der Waals surface area contributed by atoms with Gasteiger partial charge in [-0.2, -0.15) is 5.26 Å². The van der Waals surface area contributed by atoms with Crippen LogP contribution in [0.2, 0.25) is 0 Å². The zero-order chi connectivity index (χ0) is 23.1. The van der Waals surface area contributed by atoms with E-state index in [4.69, 9.17) is 9.47 Å². The normalized spacial score (nSPS) is 25.2. The maximum absolute atomic E-state index is 10.5. The number of nitriles is 1.